The van der Waals surface area contributed by atoms with E-state index < -0.39 is 28.4 Å². The van der Waals surface area contributed by atoms with Crippen LogP contribution in [0.4, 0.5) is 0 Å². The molecule has 7 heteroatoms. The van der Waals surface area contributed by atoms with E-state index in [-0.39, 0.29) is 40.9 Å². The van der Waals surface area contributed by atoms with Crippen LogP contribution in [0.25, 0.3) is 0 Å². The first-order valence-electron chi connectivity index (χ1n) is 11.7. The molecule has 31 heavy (non-hydrogen) atoms. The molecule has 0 radical (unpaired) electrons. The van der Waals surface area contributed by atoms with Crippen LogP contribution in [-0.2, 0) is 14.3 Å². The van der Waals surface area contributed by atoms with Crippen molar-refractivity contribution < 1.29 is 22.8 Å². The van der Waals surface area contributed by atoms with Gasteiger partial charge in [0.05, 0.1) is 17.1 Å². The van der Waals surface area contributed by atoms with E-state index in [0.717, 1.165) is 19.3 Å². The Morgan fingerprint density at radius 3 is 1.87 bits per heavy atom. The van der Waals surface area contributed by atoms with E-state index in [1.165, 1.54) is 57.1 Å². The number of aliphatic hydroxyl groups excluding tert-OH is 2. The Labute approximate surface area is 212 Å². The molecule has 0 heterocycles. The molecule has 2 N–H and O–H groups in total. The van der Waals surface area contributed by atoms with Crippen molar-refractivity contribution in [2.45, 2.75) is 121 Å². The average Bonchev–Trinajstić information content (AvgIpc) is 2.74. The summed E-state index contributed by atoms with van der Waals surface area (Å²) in [6.45, 7) is 4.05. The summed E-state index contributed by atoms with van der Waals surface area (Å²) >= 11 is 0. The van der Waals surface area contributed by atoms with Gasteiger partial charge in [-0.05, 0) is 25.0 Å². The van der Waals surface area contributed by atoms with E-state index in [1.807, 2.05) is 6.92 Å². The second kappa shape index (κ2) is 18.5. The molecule has 1 aromatic rings. The maximum atomic E-state index is 12.5. The van der Waals surface area contributed by atoms with Crippen LogP contribution in [0.5, 0.6) is 0 Å². The van der Waals surface area contributed by atoms with Crippen molar-refractivity contribution in [1.82, 2.24) is 0 Å². The fourth-order valence-corrected chi connectivity index (χ4v) is 4.66. The summed E-state index contributed by atoms with van der Waals surface area (Å²) in [6.07, 6.45) is 10.5. The van der Waals surface area contributed by atoms with Crippen molar-refractivity contribution in [2.24, 2.45) is 0 Å². The van der Waals surface area contributed by atoms with Gasteiger partial charge in [-0.1, -0.05) is 96.3 Å². The minimum absolute atomic E-state index is 0. The first-order chi connectivity index (χ1) is 14.4. The van der Waals surface area contributed by atoms with Crippen LogP contribution < -0.4 is 0 Å². The molecule has 5 nitrogen and oxygen atoms in total. The molecule has 176 valence electrons. The van der Waals surface area contributed by atoms with Crippen molar-refractivity contribution in [3.63, 3.8) is 0 Å². The monoisotopic (exact) mass is 466 g/mol. The molecule has 1 rings (SSSR count). The van der Waals surface area contributed by atoms with Gasteiger partial charge in [-0.2, -0.15) is 8.42 Å². The molecular weight excluding hydrogens is 423 g/mol. The summed E-state index contributed by atoms with van der Waals surface area (Å²) in [7, 11) is -3.98. The van der Waals surface area contributed by atoms with Gasteiger partial charge in [0.1, 0.15) is 6.10 Å². The van der Waals surface area contributed by atoms with E-state index in [9.17, 15) is 18.6 Å². The molecular formula is C24H43NaO5S. The number of hydrogen-bond acceptors (Lipinski definition) is 5. The predicted octanol–water partition coefficient (Wildman–Crippen LogP) is 4.94. The molecule has 0 amide bonds. The third-order valence-corrected chi connectivity index (χ3v) is 6.89. The molecule has 3 unspecified atom stereocenters. The van der Waals surface area contributed by atoms with Crippen LogP contribution in [0.3, 0.4) is 0 Å². The molecule has 0 bridgehead atoms. The average molecular weight is 467 g/mol. The standard InChI is InChI=1S/C24H42O5S.Na.H/c1-3-5-6-7-8-9-10-11-12-16-19-23(26)24(20-21(25)4-2)29-30(27,28)22-17-14-13-15-18-22;;/h13-15,17-18,21,23-26H,3-12,16,19-20H2,1-2H3;;. The SMILES string of the molecule is CCCCCCCCCCCCC(O)C(CC(O)CC)OS(=O)(=O)c1ccccc1.[NaH]. The second-order valence-electron chi connectivity index (χ2n) is 8.24. The Bertz CT molecular complexity index is 639. The van der Waals surface area contributed by atoms with Crippen LogP contribution in [0.1, 0.15) is 97.3 Å². The molecule has 0 aliphatic rings. The fraction of sp³-hybridized carbons (Fsp3) is 0.750. The Morgan fingerprint density at radius 1 is 0.839 bits per heavy atom. The third kappa shape index (κ3) is 14.0. The summed E-state index contributed by atoms with van der Waals surface area (Å²) in [5, 5.41) is 20.6. The third-order valence-electron chi connectivity index (χ3n) is 5.54. The molecule has 3 atom stereocenters. The molecule has 0 spiro atoms. The zero-order chi connectivity index (χ0) is 22.2. The van der Waals surface area contributed by atoms with E-state index in [1.54, 1.807) is 18.2 Å². The van der Waals surface area contributed by atoms with Gasteiger partial charge in [-0.25, -0.2) is 0 Å². The normalized spacial score (nSPS) is 14.6. The van der Waals surface area contributed by atoms with Gasteiger partial charge in [0.15, 0.2) is 0 Å². The van der Waals surface area contributed by atoms with Crippen LogP contribution in [0.15, 0.2) is 35.2 Å². The van der Waals surface area contributed by atoms with Crippen molar-refractivity contribution in [3.8, 4) is 0 Å². The van der Waals surface area contributed by atoms with Gasteiger partial charge in [0.25, 0.3) is 10.1 Å². The van der Waals surface area contributed by atoms with E-state index in [4.69, 9.17) is 4.18 Å². The van der Waals surface area contributed by atoms with Crippen LogP contribution in [0.2, 0.25) is 0 Å². The molecule has 0 fully saturated rings. The molecule has 0 saturated heterocycles. The van der Waals surface area contributed by atoms with Gasteiger partial charge in [-0.3, -0.25) is 4.18 Å². The summed E-state index contributed by atoms with van der Waals surface area (Å²) in [5.41, 5.74) is 0. The summed E-state index contributed by atoms with van der Waals surface area (Å²) in [4.78, 5) is 0.0622. The first-order valence-corrected chi connectivity index (χ1v) is 13.2. The maximum absolute atomic E-state index is 12.5. The molecule has 0 aliphatic heterocycles. The summed E-state index contributed by atoms with van der Waals surface area (Å²) in [6, 6.07) is 7.94. The molecule has 0 saturated carbocycles. The van der Waals surface area contributed by atoms with E-state index in [2.05, 4.69) is 6.92 Å². The van der Waals surface area contributed by atoms with Crippen LogP contribution in [-0.4, -0.2) is 66.5 Å². The molecule has 0 aromatic heterocycles. The van der Waals surface area contributed by atoms with Crippen molar-refractivity contribution in [1.29, 1.82) is 0 Å². The quantitative estimate of drug-likeness (QED) is 0.182. The van der Waals surface area contributed by atoms with E-state index in [0.29, 0.717) is 12.8 Å². The predicted molar refractivity (Wildman–Crippen MR) is 129 cm³/mol. The Balaban J connectivity index is 0.00000900. The second-order valence-corrected chi connectivity index (χ2v) is 9.81. The number of benzene rings is 1. The summed E-state index contributed by atoms with van der Waals surface area (Å²) in [5.74, 6) is 0. The number of rotatable bonds is 18. The Morgan fingerprint density at radius 2 is 1.35 bits per heavy atom. The van der Waals surface area contributed by atoms with Crippen LogP contribution in [0, 0.1) is 0 Å². The Kier molecular flexibility index (Phi) is 18.5. The zero-order valence-electron chi connectivity index (χ0n) is 18.8. The van der Waals surface area contributed by atoms with Crippen molar-refractivity contribution in [3.05, 3.63) is 30.3 Å². The van der Waals surface area contributed by atoms with Crippen molar-refractivity contribution >= 4 is 39.7 Å². The number of hydrogen-bond donors (Lipinski definition) is 2. The first kappa shape index (κ1) is 31.0. The van der Waals surface area contributed by atoms with Crippen LogP contribution >= 0.6 is 0 Å². The zero-order valence-corrected chi connectivity index (χ0v) is 19.7. The summed E-state index contributed by atoms with van der Waals surface area (Å²) < 4.78 is 30.5. The van der Waals surface area contributed by atoms with Gasteiger partial charge < -0.3 is 10.2 Å². The van der Waals surface area contributed by atoms with Gasteiger partial charge >= 0.3 is 29.6 Å². The fourth-order valence-electron chi connectivity index (χ4n) is 3.53. The number of aliphatic hydroxyl groups is 2. The molecule has 0 aliphatic carbocycles. The van der Waals surface area contributed by atoms with Gasteiger partial charge in [0.2, 0.25) is 0 Å². The minimum atomic E-state index is -3.98. The number of unbranched alkanes of at least 4 members (excludes halogenated alkanes) is 9. The topological polar surface area (TPSA) is 83.8 Å². The van der Waals surface area contributed by atoms with Gasteiger partial charge in [-0.15, -0.1) is 0 Å². The van der Waals surface area contributed by atoms with Crippen molar-refractivity contribution in [2.75, 3.05) is 0 Å². The molecule has 1 aromatic carbocycles. The Hall–Kier alpha value is 0.0500. The van der Waals surface area contributed by atoms with Gasteiger partial charge in [0, 0.05) is 6.42 Å². The van der Waals surface area contributed by atoms with E-state index >= 15 is 0 Å².